The number of halogens is 1. The molecule has 0 aromatic heterocycles. The number of benzene rings is 2. The number of phenolic OH excluding ortho intramolecular Hbond substituents is 1. The molecule has 0 heterocycles. The summed E-state index contributed by atoms with van der Waals surface area (Å²) in [5, 5.41) is 22.1. The van der Waals surface area contributed by atoms with E-state index in [1.807, 2.05) is 42.5 Å². The summed E-state index contributed by atoms with van der Waals surface area (Å²) in [5.74, 6) is 0.283. The van der Waals surface area contributed by atoms with E-state index in [1.54, 1.807) is 0 Å². The van der Waals surface area contributed by atoms with Crippen molar-refractivity contribution in [3.8, 4) is 5.75 Å². The Balaban J connectivity index is 1.90. The summed E-state index contributed by atoms with van der Waals surface area (Å²) in [6, 6.07) is 13.4. The number of para-hydroxylation sites is 1. The van der Waals surface area contributed by atoms with Crippen LogP contribution in [0.1, 0.15) is 16.7 Å². The van der Waals surface area contributed by atoms with Crippen molar-refractivity contribution in [1.82, 2.24) is 5.32 Å². The summed E-state index contributed by atoms with van der Waals surface area (Å²) < 4.78 is 0.707. The SMILES string of the molecule is OCc1ccc(CNCc2cccc(Br)c2O)cc1. The van der Waals surface area contributed by atoms with E-state index in [0.29, 0.717) is 11.0 Å². The fraction of sp³-hybridized carbons (Fsp3) is 0.200. The third kappa shape index (κ3) is 3.80. The number of nitrogens with one attached hydrogen (secondary N) is 1. The maximum absolute atomic E-state index is 9.85. The third-order valence-corrected chi connectivity index (χ3v) is 3.56. The largest absolute Gasteiger partial charge is 0.506 e. The van der Waals surface area contributed by atoms with E-state index in [-0.39, 0.29) is 12.4 Å². The van der Waals surface area contributed by atoms with Crippen LogP contribution in [0.3, 0.4) is 0 Å². The van der Waals surface area contributed by atoms with Crippen LogP contribution in [0.2, 0.25) is 0 Å². The zero-order chi connectivity index (χ0) is 13.7. The summed E-state index contributed by atoms with van der Waals surface area (Å²) in [6.07, 6.45) is 0. The summed E-state index contributed by atoms with van der Waals surface area (Å²) in [7, 11) is 0. The van der Waals surface area contributed by atoms with Crippen LogP contribution in [0.4, 0.5) is 0 Å². The zero-order valence-corrected chi connectivity index (χ0v) is 12.0. The van der Waals surface area contributed by atoms with Crippen molar-refractivity contribution < 1.29 is 10.2 Å². The van der Waals surface area contributed by atoms with Gasteiger partial charge in [0.25, 0.3) is 0 Å². The van der Waals surface area contributed by atoms with Crippen LogP contribution >= 0.6 is 15.9 Å². The normalized spacial score (nSPS) is 10.6. The van der Waals surface area contributed by atoms with Crippen molar-refractivity contribution in [2.24, 2.45) is 0 Å². The fourth-order valence-electron chi connectivity index (χ4n) is 1.81. The van der Waals surface area contributed by atoms with Gasteiger partial charge in [0, 0.05) is 18.7 Å². The maximum Gasteiger partial charge on any atom is 0.134 e. The highest BCUT2D eigenvalue weighted by Crippen LogP contribution is 2.27. The lowest BCUT2D eigenvalue weighted by molar-refractivity contribution is 0.282. The van der Waals surface area contributed by atoms with Crippen LogP contribution in [-0.2, 0) is 19.7 Å². The van der Waals surface area contributed by atoms with Crippen LogP contribution in [0.25, 0.3) is 0 Å². The highest BCUT2D eigenvalue weighted by atomic mass is 79.9. The smallest absolute Gasteiger partial charge is 0.134 e. The van der Waals surface area contributed by atoms with Gasteiger partial charge in [0.15, 0.2) is 0 Å². The quantitative estimate of drug-likeness (QED) is 0.793. The molecule has 0 saturated carbocycles. The third-order valence-electron chi connectivity index (χ3n) is 2.92. The monoisotopic (exact) mass is 321 g/mol. The molecule has 2 aromatic carbocycles. The van der Waals surface area contributed by atoms with E-state index in [4.69, 9.17) is 5.11 Å². The Morgan fingerprint density at radius 2 is 1.63 bits per heavy atom. The first-order valence-corrected chi connectivity index (χ1v) is 6.85. The van der Waals surface area contributed by atoms with Crippen LogP contribution in [0, 0.1) is 0 Å². The molecule has 0 atom stereocenters. The van der Waals surface area contributed by atoms with Crippen LogP contribution in [0.15, 0.2) is 46.9 Å². The predicted molar refractivity (Wildman–Crippen MR) is 78.7 cm³/mol. The van der Waals surface area contributed by atoms with E-state index in [9.17, 15) is 5.11 Å². The summed E-state index contributed by atoms with van der Waals surface area (Å²) in [5.41, 5.74) is 2.92. The Morgan fingerprint density at radius 1 is 0.947 bits per heavy atom. The highest BCUT2D eigenvalue weighted by molar-refractivity contribution is 9.10. The molecule has 3 nitrogen and oxygen atoms in total. The van der Waals surface area contributed by atoms with Crippen molar-refractivity contribution in [2.75, 3.05) is 0 Å². The Kier molecular flexibility index (Phi) is 4.96. The minimum absolute atomic E-state index is 0.0691. The number of phenols is 1. The molecule has 19 heavy (non-hydrogen) atoms. The number of aliphatic hydroxyl groups is 1. The number of aromatic hydroxyl groups is 1. The lowest BCUT2D eigenvalue weighted by atomic mass is 10.1. The molecule has 0 radical (unpaired) electrons. The molecular weight excluding hydrogens is 306 g/mol. The molecule has 0 spiro atoms. The summed E-state index contributed by atoms with van der Waals surface area (Å²) in [6.45, 7) is 1.39. The van der Waals surface area contributed by atoms with Gasteiger partial charge in [0.05, 0.1) is 11.1 Å². The van der Waals surface area contributed by atoms with E-state index in [1.165, 1.54) is 0 Å². The minimum atomic E-state index is 0.0691. The van der Waals surface area contributed by atoms with Crippen molar-refractivity contribution in [3.05, 3.63) is 63.6 Å². The average molecular weight is 322 g/mol. The van der Waals surface area contributed by atoms with Crippen LogP contribution in [-0.4, -0.2) is 10.2 Å². The van der Waals surface area contributed by atoms with Gasteiger partial charge in [0.2, 0.25) is 0 Å². The van der Waals surface area contributed by atoms with Gasteiger partial charge in [-0.05, 0) is 33.1 Å². The molecule has 0 unspecified atom stereocenters. The Bertz CT molecular complexity index is 540. The van der Waals surface area contributed by atoms with Gasteiger partial charge in [-0.25, -0.2) is 0 Å². The number of rotatable bonds is 5. The molecule has 0 aliphatic heterocycles. The van der Waals surface area contributed by atoms with Gasteiger partial charge in [-0.15, -0.1) is 0 Å². The van der Waals surface area contributed by atoms with Crippen molar-refractivity contribution in [1.29, 1.82) is 0 Å². The van der Waals surface area contributed by atoms with Gasteiger partial charge in [-0.3, -0.25) is 0 Å². The van der Waals surface area contributed by atoms with Gasteiger partial charge in [-0.1, -0.05) is 36.4 Å². The van der Waals surface area contributed by atoms with E-state index >= 15 is 0 Å². The topological polar surface area (TPSA) is 52.5 Å². The van der Waals surface area contributed by atoms with Crippen molar-refractivity contribution in [2.45, 2.75) is 19.7 Å². The second-order valence-electron chi connectivity index (χ2n) is 4.33. The molecular formula is C15H16BrNO2. The van der Waals surface area contributed by atoms with E-state index in [2.05, 4.69) is 21.2 Å². The standard InChI is InChI=1S/C15H16BrNO2/c16-14-3-1-2-13(15(14)19)9-17-8-11-4-6-12(10-18)7-5-11/h1-7,17-19H,8-10H2. The fourth-order valence-corrected chi connectivity index (χ4v) is 2.21. The van der Waals surface area contributed by atoms with Crippen molar-refractivity contribution >= 4 is 15.9 Å². The second-order valence-corrected chi connectivity index (χ2v) is 5.18. The minimum Gasteiger partial charge on any atom is -0.506 e. The Labute approximate surface area is 121 Å². The average Bonchev–Trinajstić information content (AvgIpc) is 2.44. The number of hydrogen-bond acceptors (Lipinski definition) is 3. The van der Waals surface area contributed by atoms with Gasteiger partial charge in [-0.2, -0.15) is 0 Å². The molecule has 100 valence electrons. The Hall–Kier alpha value is -1.36. The molecule has 0 amide bonds. The molecule has 4 heteroatoms. The first-order chi connectivity index (χ1) is 9.20. The van der Waals surface area contributed by atoms with Gasteiger partial charge < -0.3 is 15.5 Å². The molecule has 0 aliphatic carbocycles. The van der Waals surface area contributed by atoms with E-state index in [0.717, 1.165) is 23.2 Å². The molecule has 0 saturated heterocycles. The van der Waals surface area contributed by atoms with Gasteiger partial charge in [0.1, 0.15) is 5.75 Å². The lowest BCUT2D eigenvalue weighted by Crippen LogP contribution is -2.12. The molecule has 0 bridgehead atoms. The number of aliphatic hydroxyl groups excluding tert-OH is 1. The van der Waals surface area contributed by atoms with Crippen LogP contribution < -0.4 is 5.32 Å². The Morgan fingerprint density at radius 3 is 2.32 bits per heavy atom. The number of hydrogen-bond donors (Lipinski definition) is 3. The lowest BCUT2D eigenvalue weighted by Gasteiger charge is -2.08. The van der Waals surface area contributed by atoms with Crippen molar-refractivity contribution in [3.63, 3.8) is 0 Å². The molecule has 0 fully saturated rings. The molecule has 3 N–H and O–H groups in total. The van der Waals surface area contributed by atoms with Crippen LogP contribution in [0.5, 0.6) is 5.75 Å². The predicted octanol–water partition coefficient (Wildman–Crippen LogP) is 2.94. The zero-order valence-electron chi connectivity index (χ0n) is 10.4. The molecule has 2 rings (SSSR count). The second kappa shape index (κ2) is 6.70. The first-order valence-electron chi connectivity index (χ1n) is 6.06. The highest BCUT2D eigenvalue weighted by Gasteiger charge is 2.03. The maximum atomic E-state index is 9.85. The molecule has 0 aliphatic rings. The first kappa shape index (κ1) is 14.1. The van der Waals surface area contributed by atoms with E-state index < -0.39 is 0 Å². The summed E-state index contributed by atoms with van der Waals surface area (Å²) in [4.78, 5) is 0. The summed E-state index contributed by atoms with van der Waals surface area (Å²) >= 11 is 3.30. The van der Waals surface area contributed by atoms with Gasteiger partial charge >= 0.3 is 0 Å². The molecule has 2 aromatic rings.